The van der Waals surface area contributed by atoms with Crippen LogP contribution in [-0.2, 0) is 0 Å². The van der Waals surface area contributed by atoms with E-state index in [1.54, 1.807) is 18.4 Å². The van der Waals surface area contributed by atoms with Gasteiger partial charge in [-0.1, -0.05) is 30.3 Å². The molecule has 0 fully saturated rings. The van der Waals surface area contributed by atoms with Crippen molar-refractivity contribution in [1.29, 1.82) is 0 Å². The van der Waals surface area contributed by atoms with Crippen LogP contribution in [0.4, 0.5) is 0 Å². The van der Waals surface area contributed by atoms with Gasteiger partial charge in [0.25, 0.3) is 0 Å². The van der Waals surface area contributed by atoms with E-state index in [0.717, 1.165) is 16.2 Å². The molecular weight excluding hydrogens is 344 g/mol. The Bertz CT molecular complexity index is 1020. The Hall–Kier alpha value is -3.18. The van der Waals surface area contributed by atoms with Gasteiger partial charge in [0.05, 0.1) is 7.11 Å². The van der Waals surface area contributed by atoms with Gasteiger partial charge in [0.1, 0.15) is 5.75 Å². The quantitative estimate of drug-likeness (QED) is 0.462. The molecule has 2 aromatic heterocycles. The zero-order chi connectivity index (χ0) is 17.8. The number of aromatic nitrogens is 2. The molecule has 0 aliphatic rings. The van der Waals surface area contributed by atoms with Gasteiger partial charge >= 0.3 is 0 Å². The van der Waals surface area contributed by atoms with E-state index in [1.807, 2.05) is 54.6 Å². The van der Waals surface area contributed by atoms with Crippen molar-refractivity contribution in [3.63, 3.8) is 0 Å². The summed E-state index contributed by atoms with van der Waals surface area (Å²) < 4.78 is 10.9. The molecule has 0 atom stereocenters. The first-order valence-corrected chi connectivity index (χ1v) is 8.95. The van der Waals surface area contributed by atoms with Crippen molar-refractivity contribution in [2.45, 2.75) is 0 Å². The smallest absolute Gasteiger partial charge is 0.248 e. The Labute approximate surface area is 155 Å². The SMILES string of the molecule is COc1ccc(-c2nnc(/C=C/c3ccc(-c4ccccc4)s3)o2)cc1. The number of methoxy groups -OCH3 is 1. The fourth-order valence-corrected chi connectivity index (χ4v) is 3.42. The zero-order valence-electron chi connectivity index (χ0n) is 14.1. The fourth-order valence-electron chi connectivity index (χ4n) is 2.51. The minimum Gasteiger partial charge on any atom is -0.497 e. The highest BCUT2D eigenvalue weighted by Crippen LogP contribution is 2.29. The number of ether oxygens (including phenoxy) is 1. The van der Waals surface area contributed by atoms with Gasteiger partial charge in [0, 0.05) is 21.4 Å². The van der Waals surface area contributed by atoms with E-state index in [-0.39, 0.29) is 0 Å². The van der Waals surface area contributed by atoms with Crippen LogP contribution in [0.5, 0.6) is 5.75 Å². The van der Waals surface area contributed by atoms with Crippen LogP contribution in [-0.4, -0.2) is 17.3 Å². The average molecular weight is 360 g/mol. The van der Waals surface area contributed by atoms with Gasteiger partial charge in [0.2, 0.25) is 11.8 Å². The lowest BCUT2D eigenvalue weighted by Gasteiger charge is -1.98. The molecule has 5 heteroatoms. The van der Waals surface area contributed by atoms with Crippen molar-refractivity contribution in [3.8, 4) is 27.6 Å². The topological polar surface area (TPSA) is 48.2 Å². The van der Waals surface area contributed by atoms with Crippen molar-refractivity contribution in [2.75, 3.05) is 7.11 Å². The molecular formula is C21H16N2O2S. The number of hydrogen-bond donors (Lipinski definition) is 0. The van der Waals surface area contributed by atoms with Crippen molar-refractivity contribution in [1.82, 2.24) is 10.2 Å². The average Bonchev–Trinajstić information content (AvgIpc) is 3.37. The van der Waals surface area contributed by atoms with E-state index in [2.05, 4.69) is 34.5 Å². The number of thiophene rings is 1. The van der Waals surface area contributed by atoms with Crippen LogP contribution in [0.1, 0.15) is 10.8 Å². The highest BCUT2D eigenvalue weighted by Gasteiger charge is 2.07. The molecule has 0 saturated heterocycles. The molecule has 0 unspecified atom stereocenters. The van der Waals surface area contributed by atoms with Crippen LogP contribution >= 0.6 is 11.3 Å². The highest BCUT2D eigenvalue weighted by molar-refractivity contribution is 7.16. The Morgan fingerprint density at radius 3 is 2.42 bits per heavy atom. The molecule has 2 aromatic carbocycles. The van der Waals surface area contributed by atoms with Crippen molar-refractivity contribution < 1.29 is 9.15 Å². The molecule has 0 bridgehead atoms. The van der Waals surface area contributed by atoms with Gasteiger partial charge in [-0.15, -0.1) is 21.5 Å². The second-order valence-corrected chi connectivity index (χ2v) is 6.69. The molecule has 128 valence electrons. The summed E-state index contributed by atoms with van der Waals surface area (Å²) in [7, 11) is 1.64. The van der Waals surface area contributed by atoms with Crippen LogP contribution in [0.3, 0.4) is 0 Å². The molecule has 0 radical (unpaired) electrons. The molecule has 4 aromatic rings. The third kappa shape index (κ3) is 3.58. The minimum atomic E-state index is 0.477. The van der Waals surface area contributed by atoms with E-state index < -0.39 is 0 Å². The van der Waals surface area contributed by atoms with Gasteiger partial charge in [-0.25, -0.2) is 0 Å². The minimum absolute atomic E-state index is 0.477. The molecule has 0 aliphatic carbocycles. The first kappa shape index (κ1) is 16.3. The molecule has 4 nitrogen and oxygen atoms in total. The van der Waals surface area contributed by atoms with E-state index in [0.29, 0.717) is 11.8 Å². The van der Waals surface area contributed by atoms with E-state index in [4.69, 9.17) is 9.15 Å². The summed E-state index contributed by atoms with van der Waals surface area (Å²) in [5, 5.41) is 8.19. The Morgan fingerprint density at radius 2 is 1.65 bits per heavy atom. The summed E-state index contributed by atoms with van der Waals surface area (Å²) in [5.74, 6) is 1.76. The van der Waals surface area contributed by atoms with Gasteiger partial charge in [-0.2, -0.15) is 0 Å². The summed E-state index contributed by atoms with van der Waals surface area (Å²) in [6.45, 7) is 0. The maximum atomic E-state index is 5.71. The van der Waals surface area contributed by atoms with Crippen molar-refractivity contribution in [3.05, 3.63) is 77.5 Å². The summed E-state index contributed by atoms with van der Waals surface area (Å²) in [4.78, 5) is 2.36. The number of hydrogen-bond acceptors (Lipinski definition) is 5. The molecule has 0 N–H and O–H groups in total. The molecule has 0 amide bonds. The Balaban J connectivity index is 1.49. The van der Waals surface area contributed by atoms with E-state index in [1.165, 1.54) is 10.4 Å². The van der Waals surface area contributed by atoms with Crippen LogP contribution < -0.4 is 4.74 Å². The van der Waals surface area contributed by atoms with E-state index in [9.17, 15) is 0 Å². The molecule has 4 rings (SSSR count). The van der Waals surface area contributed by atoms with Gasteiger partial charge in [-0.3, -0.25) is 0 Å². The van der Waals surface area contributed by atoms with Gasteiger partial charge in [0.15, 0.2) is 0 Å². The first-order chi connectivity index (χ1) is 12.8. The predicted octanol–water partition coefficient (Wildman–Crippen LogP) is 5.64. The lowest BCUT2D eigenvalue weighted by Crippen LogP contribution is -1.82. The standard InChI is InChI=1S/C21H16N2O2S/c1-24-17-9-7-16(8-10-17)21-23-22-20(25-21)14-12-18-11-13-19(26-18)15-5-3-2-4-6-15/h2-14H,1H3/b14-12+. The van der Waals surface area contributed by atoms with E-state index >= 15 is 0 Å². The summed E-state index contributed by atoms with van der Waals surface area (Å²) >= 11 is 1.72. The van der Waals surface area contributed by atoms with Crippen molar-refractivity contribution >= 4 is 23.5 Å². The van der Waals surface area contributed by atoms with Crippen LogP contribution in [0.25, 0.3) is 34.0 Å². The predicted molar refractivity (Wildman–Crippen MR) is 105 cm³/mol. The van der Waals surface area contributed by atoms with Gasteiger partial charge < -0.3 is 9.15 Å². The van der Waals surface area contributed by atoms with Gasteiger partial charge in [-0.05, 0) is 48.0 Å². The number of nitrogens with zero attached hydrogens (tertiary/aromatic N) is 2. The van der Waals surface area contributed by atoms with Crippen LogP contribution in [0.2, 0.25) is 0 Å². The lowest BCUT2D eigenvalue weighted by atomic mass is 10.2. The fraction of sp³-hybridized carbons (Fsp3) is 0.0476. The number of rotatable bonds is 5. The second-order valence-electron chi connectivity index (χ2n) is 5.58. The molecule has 0 spiro atoms. The molecule has 26 heavy (non-hydrogen) atoms. The summed E-state index contributed by atoms with van der Waals surface area (Å²) in [6, 6.07) is 22.1. The summed E-state index contributed by atoms with van der Waals surface area (Å²) in [5.41, 5.74) is 2.08. The maximum absolute atomic E-state index is 5.71. The summed E-state index contributed by atoms with van der Waals surface area (Å²) in [6.07, 6.45) is 3.82. The monoisotopic (exact) mass is 360 g/mol. The molecule has 0 saturated carbocycles. The normalized spacial score (nSPS) is 11.1. The second kappa shape index (κ2) is 7.37. The third-order valence-corrected chi connectivity index (χ3v) is 4.95. The van der Waals surface area contributed by atoms with Crippen LogP contribution in [0.15, 0.2) is 71.1 Å². The third-order valence-electron chi connectivity index (χ3n) is 3.85. The Kier molecular flexibility index (Phi) is 4.62. The first-order valence-electron chi connectivity index (χ1n) is 8.13. The molecule has 0 aliphatic heterocycles. The number of benzene rings is 2. The van der Waals surface area contributed by atoms with Crippen LogP contribution in [0, 0.1) is 0 Å². The van der Waals surface area contributed by atoms with Crippen molar-refractivity contribution in [2.24, 2.45) is 0 Å². The maximum Gasteiger partial charge on any atom is 0.248 e. The lowest BCUT2D eigenvalue weighted by molar-refractivity contribution is 0.415. The largest absolute Gasteiger partial charge is 0.497 e. The highest BCUT2D eigenvalue weighted by atomic mass is 32.1. The Morgan fingerprint density at radius 1 is 0.846 bits per heavy atom. The zero-order valence-corrected chi connectivity index (χ0v) is 14.9. The molecule has 2 heterocycles.